The minimum atomic E-state index is -1.63. The molecule has 0 aromatic carbocycles. The maximum Gasteiger partial charge on any atom is 0.223 e. The number of nitrogen functional groups attached to an aromatic ring is 1. The van der Waals surface area contributed by atoms with E-state index in [1.807, 2.05) is 0 Å². The zero-order chi connectivity index (χ0) is 16.1. The molecule has 1 fully saturated rings. The largest absolute Gasteiger partial charge is 0.501 e. The zero-order valence-electron chi connectivity index (χ0n) is 11.8. The molecule has 2 aromatic heterocycles. The molecule has 0 spiro atoms. The van der Waals surface area contributed by atoms with Gasteiger partial charge in [0.15, 0.2) is 22.2 Å². The van der Waals surface area contributed by atoms with E-state index in [9.17, 15) is 10.2 Å². The highest BCUT2D eigenvalue weighted by atomic mass is 35.5. The van der Waals surface area contributed by atoms with Crippen molar-refractivity contribution in [2.75, 3.05) is 12.8 Å². The topological polar surface area (TPSA) is 129 Å². The predicted molar refractivity (Wildman–Crippen MR) is 76.6 cm³/mol. The van der Waals surface area contributed by atoms with E-state index in [2.05, 4.69) is 15.0 Å². The standard InChI is InChI=1S/C12H14ClN5O4/c1-12(20)7(19)5(3-21-2)22-10(12)18-4-15-6-8(13)16-11(14)17-9(6)18/h3-4,7,10,19-20H,1-2H3,(H2,14,16,17)/b5-3+/t7-,10-,12-/m1/s1. The molecule has 0 saturated carbocycles. The molecule has 0 radical (unpaired) electrons. The number of nitrogens with two attached hydrogens (primary N) is 1. The van der Waals surface area contributed by atoms with E-state index < -0.39 is 17.9 Å². The van der Waals surface area contributed by atoms with Gasteiger partial charge < -0.3 is 25.4 Å². The number of rotatable bonds is 2. The number of fused-ring (bicyclic) bond motifs is 1. The molecular formula is C12H14ClN5O4. The Labute approximate surface area is 130 Å². The Bertz CT molecular complexity index is 759. The van der Waals surface area contributed by atoms with Gasteiger partial charge in [0.1, 0.15) is 24.2 Å². The number of aliphatic hydroxyl groups is 2. The lowest BCUT2D eigenvalue weighted by molar-refractivity contribution is -0.0918. The van der Waals surface area contributed by atoms with Gasteiger partial charge in [-0.3, -0.25) is 4.57 Å². The molecule has 3 heterocycles. The Balaban J connectivity index is 2.13. The third kappa shape index (κ3) is 2.05. The molecule has 2 aromatic rings. The van der Waals surface area contributed by atoms with Crippen LogP contribution in [-0.4, -0.2) is 48.5 Å². The van der Waals surface area contributed by atoms with Crippen LogP contribution in [0.1, 0.15) is 13.2 Å². The molecule has 22 heavy (non-hydrogen) atoms. The highest BCUT2D eigenvalue weighted by molar-refractivity contribution is 6.33. The molecule has 0 aliphatic carbocycles. The summed E-state index contributed by atoms with van der Waals surface area (Å²) in [6, 6.07) is 0. The molecule has 3 rings (SSSR count). The van der Waals surface area contributed by atoms with Gasteiger partial charge in [-0.25, -0.2) is 4.98 Å². The number of anilines is 1. The van der Waals surface area contributed by atoms with Gasteiger partial charge in [0.25, 0.3) is 0 Å². The Morgan fingerprint density at radius 2 is 2.27 bits per heavy atom. The molecule has 1 aliphatic rings. The summed E-state index contributed by atoms with van der Waals surface area (Å²) >= 11 is 5.97. The van der Waals surface area contributed by atoms with E-state index in [4.69, 9.17) is 26.8 Å². The molecule has 1 saturated heterocycles. The second-order valence-electron chi connectivity index (χ2n) is 5.05. The van der Waals surface area contributed by atoms with Crippen LogP contribution in [-0.2, 0) is 9.47 Å². The van der Waals surface area contributed by atoms with Crippen molar-refractivity contribution >= 4 is 28.7 Å². The minimum absolute atomic E-state index is 0.0369. The van der Waals surface area contributed by atoms with Crippen molar-refractivity contribution in [1.82, 2.24) is 19.5 Å². The van der Waals surface area contributed by atoms with E-state index >= 15 is 0 Å². The summed E-state index contributed by atoms with van der Waals surface area (Å²) in [7, 11) is 1.41. The number of aliphatic hydroxyl groups excluding tert-OH is 1. The first-order valence-electron chi connectivity index (χ1n) is 6.31. The van der Waals surface area contributed by atoms with Gasteiger partial charge in [-0.2, -0.15) is 9.97 Å². The Kier molecular flexibility index (Phi) is 3.35. The maximum atomic E-state index is 10.6. The van der Waals surface area contributed by atoms with Crippen LogP contribution in [0.2, 0.25) is 5.15 Å². The smallest absolute Gasteiger partial charge is 0.223 e. The first-order valence-corrected chi connectivity index (χ1v) is 6.69. The lowest BCUT2D eigenvalue weighted by Crippen LogP contribution is -2.41. The number of halogens is 1. The minimum Gasteiger partial charge on any atom is -0.501 e. The van der Waals surface area contributed by atoms with E-state index in [0.717, 1.165) is 0 Å². The summed E-state index contributed by atoms with van der Waals surface area (Å²) < 4.78 is 11.8. The number of ether oxygens (including phenoxy) is 2. The van der Waals surface area contributed by atoms with Crippen LogP contribution in [0.4, 0.5) is 5.95 Å². The van der Waals surface area contributed by atoms with Crippen molar-refractivity contribution in [3.05, 3.63) is 23.5 Å². The molecule has 3 atom stereocenters. The third-order valence-corrected chi connectivity index (χ3v) is 3.72. The molecule has 1 aliphatic heterocycles. The zero-order valence-corrected chi connectivity index (χ0v) is 12.5. The molecule has 9 nitrogen and oxygen atoms in total. The number of nitrogens with zero attached hydrogens (tertiary/aromatic N) is 4. The fourth-order valence-corrected chi connectivity index (χ4v) is 2.57. The van der Waals surface area contributed by atoms with Crippen LogP contribution < -0.4 is 5.73 Å². The van der Waals surface area contributed by atoms with Crippen molar-refractivity contribution < 1.29 is 19.7 Å². The molecule has 4 N–H and O–H groups in total. The van der Waals surface area contributed by atoms with E-state index in [1.165, 1.54) is 31.2 Å². The third-order valence-electron chi connectivity index (χ3n) is 3.45. The Morgan fingerprint density at radius 3 is 2.95 bits per heavy atom. The second kappa shape index (κ2) is 4.97. The fourth-order valence-electron chi connectivity index (χ4n) is 2.35. The van der Waals surface area contributed by atoms with Gasteiger partial charge in [0.05, 0.1) is 7.11 Å². The van der Waals surface area contributed by atoms with Crippen LogP contribution in [0.15, 0.2) is 18.3 Å². The summed E-state index contributed by atoms with van der Waals surface area (Å²) in [5.41, 5.74) is 4.55. The second-order valence-corrected chi connectivity index (χ2v) is 5.41. The van der Waals surface area contributed by atoms with E-state index in [0.29, 0.717) is 5.52 Å². The van der Waals surface area contributed by atoms with Gasteiger partial charge in [0, 0.05) is 0 Å². The number of aromatic nitrogens is 4. The van der Waals surface area contributed by atoms with Gasteiger partial charge in [0.2, 0.25) is 12.2 Å². The number of hydrogen-bond donors (Lipinski definition) is 3. The number of imidazole rings is 1. The maximum absolute atomic E-state index is 10.6. The van der Waals surface area contributed by atoms with Crippen LogP contribution in [0.3, 0.4) is 0 Å². The highest BCUT2D eigenvalue weighted by Gasteiger charge is 2.52. The monoisotopic (exact) mass is 327 g/mol. The molecule has 10 heteroatoms. The lowest BCUT2D eigenvalue weighted by atomic mass is 9.99. The number of hydrogen-bond acceptors (Lipinski definition) is 8. The summed E-state index contributed by atoms with van der Waals surface area (Å²) in [5.74, 6) is 0.0533. The summed E-state index contributed by atoms with van der Waals surface area (Å²) in [5, 5.41) is 20.8. The summed E-state index contributed by atoms with van der Waals surface area (Å²) in [6.45, 7) is 1.43. The van der Waals surface area contributed by atoms with Crippen LogP contribution in [0.25, 0.3) is 11.2 Å². The van der Waals surface area contributed by atoms with E-state index in [-0.39, 0.29) is 22.5 Å². The van der Waals surface area contributed by atoms with Crippen LogP contribution in [0.5, 0.6) is 0 Å². The van der Waals surface area contributed by atoms with Crippen molar-refractivity contribution in [3.63, 3.8) is 0 Å². The van der Waals surface area contributed by atoms with Gasteiger partial charge in [-0.05, 0) is 6.92 Å². The SMILES string of the molecule is CO/C=C1/O[C@@H](n2cnc3c(Cl)nc(N)nc32)[C@](C)(O)[C@@H]1O. The average molecular weight is 328 g/mol. The van der Waals surface area contributed by atoms with Gasteiger partial charge in [-0.15, -0.1) is 0 Å². The van der Waals surface area contributed by atoms with Crippen LogP contribution >= 0.6 is 11.6 Å². The lowest BCUT2D eigenvalue weighted by Gasteiger charge is -2.25. The van der Waals surface area contributed by atoms with Gasteiger partial charge >= 0.3 is 0 Å². The molecule has 0 unspecified atom stereocenters. The van der Waals surface area contributed by atoms with Crippen molar-refractivity contribution in [2.45, 2.75) is 24.9 Å². The highest BCUT2D eigenvalue weighted by Crippen LogP contribution is 2.41. The Hall–Kier alpha value is -2.10. The molecule has 0 amide bonds. The van der Waals surface area contributed by atoms with Crippen molar-refractivity contribution in [2.24, 2.45) is 0 Å². The molecule has 0 bridgehead atoms. The van der Waals surface area contributed by atoms with Crippen LogP contribution in [0, 0.1) is 0 Å². The Morgan fingerprint density at radius 1 is 1.55 bits per heavy atom. The quantitative estimate of drug-likeness (QED) is 0.526. The normalized spacial score (nSPS) is 30.0. The summed E-state index contributed by atoms with van der Waals surface area (Å²) in [6.07, 6.45) is 0.338. The first-order chi connectivity index (χ1) is 10.4. The van der Waals surface area contributed by atoms with E-state index in [1.54, 1.807) is 0 Å². The van der Waals surface area contributed by atoms with Crippen molar-refractivity contribution in [1.29, 1.82) is 0 Å². The van der Waals surface area contributed by atoms with Gasteiger partial charge in [-0.1, -0.05) is 11.6 Å². The molecule has 118 valence electrons. The predicted octanol–water partition coefficient (Wildman–Crippen LogP) is 0.190. The summed E-state index contributed by atoms with van der Waals surface area (Å²) in [4.78, 5) is 12.0. The van der Waals surface area contributed by atoms with Crippen molar-refractivity contribution in [3.8, 4) is 0 Å². The fraction of sp³-hybridized carbons (Fsp3) is 0.417. The molecular weight excluding hydrogens is 314 g/mol. The number of methoxy groups -OCH3 is 1. The first kappa shape index (κ1) is 14.8. The average Bonchev–Trinajstić information content (AvgIpc) is 2.94.